The van der Waals surface area contributed by atoms with E-state index in [2.05, 4.69) is 6.58 Å². The molecule has 134 valence electrons. The molecule has 0 saturated heterocycles. The van der Waals surface area contributed by atoms with Crippen LogP contribution in [0.1, 0.15) is 24.0 Å². The molecule has 0 bridgehead atoms. The van der Waals surface area contributed by atoms with Crippen molar-refractivity contribution in [1.29, 1.82) is 0 Å². The Bertz CT molecular complexity index is 816. The number of amides is 1. The standard InChI is InChI=1S/C21H21NO4/c1-3-13-26-17-12-8-11-16-18(21(24)25-4-2)20(23)22(19(16)17)14-15-9-6-5-7-10-15/h3,5-12,18H,1,4,13-14H2,2H3. The highest BCUT2D eigenvalue weighted by Crippen LogP contribution is 2.45. The maximum Gasteiger partial charge on any atom is 0.323 e. The van der Waals surface area contributed by atoms with Gasteiger partial charge >= 0.3 is 5.97 Å². The highest BCUT2D eigenvalue weighted by Gasteiger charge is 2.44. The summed E-state index contributed by atoms with van der Waals surface area (Å²) in [7, 11) is 0. The van der Waals surface area contributed by atoms with Gasteiger partial charge in [-0.2, -0.15) is 0 Å². The third-order valence-electron chi connectivity index (χ3n) is 4.19. The molecular formula is C21H21NO4. The van der Waals surface area contributed by atoms with Crippen molar-refractivity contribution in [2.75, 3.05) is 18.1 Å². The van der Waals surface area contributed by atoms with Crippen molar-refractivity contribution in [2.45, 2.75) is 19.4 Å². The number of hydrogen-bond donors (Lipinski definition) is 0. The fraction of sp³-hybridized carbons (Fsp3) is 0.238. The van der Waals surface area contributed by atoms with Crippen LogP contribution < -0.4 is 9.64 Å². The first-order valence-corrected chi connectivity index (χ1v) is 8.56. The van der Waals surface area contributed by atoms with Crippen LogP contribution in [0.4, 0.5) is 5.69 Å². The molecule has 0 spiro atoms. The smallest absolute Gasteiger partial charge is 0.323 e. The third-order valence-corrected chi connectivity index (χ3v) is 4.19. The van der Waals surface area contributed by atoms with Gasteiger partial charge < -0.3 is 14.4 Å². The minimum Gasteiger partial charge on any atom is -0.487 e. The van der Waals surface area contributed by atoms with Gasteiger partial charge in [0.25, 0.3) is 0 Å². The number of hydrogen-bond acceptors (Lipinski definition) is 4. The Labute approximate surface area is 152 Å². The van der Waals surface area contributed by atoms with Crippen molar-refractivity contribution in [3.63, 3.8) is 0 Å². The van der Waals surface area contributed by atoms with E-state index in [-0.39, 0.29) is 12.5 Å². The molecule has 1 amide bonds. The van der Waals surface area contributed by atoms with Crippen LogP contribution in [0.25, 0.3) is 0 Å². The highest BCUT2D eigenvalue weighted by atomic mass is 16.5. The zero-order valence-corrected chi connectivity index (χ0v) is 14.7. The van der Waals surface area contributed by atoms with Gasteiger partial charge in [-0.3, -0.25) is 9.59 Å². The van der Waals surface area contributed by atoms with Crippen molar-refractivity contribution >= 4 is 17.6 Å². The summed E-state index contributed by atoms with van der Waals surface area (Å²) in [5.41, 5.74) is 2.21. The molecule has 2 aromatic rings. The Morgan fingerprint density at radius 2 is 1.96 bits per heavy atom. The maximum atomic E-state index is 13.1. The second kappa shape index (κ2) is 7.87. The summed E-state index contributed by atoms with van der Waals surface area (Å²) in [4.78, 5) is 27.1. The Morgan fingerprint density at radius 3 is 2.65 bits per heavy atom. The van der Waals surface area contributed by atoms with Crippen molar-refractivity contribution in [2.24, 2.45) is 0 Å². The minimum absolute atomic E-state index is 0.225. The molecule has 5 heteroatoms. The van der Waals surface area contributed by atoms with E-state index in [4.69, 9.17) is 9.47 Å². The van der Waals surface area contributed by atoms with E-state index in [1.807, 2.05) is 30.3 Å². The van der Waals surface area contributed by atoms with E-state index in [0.29, 0.717) is 30.2 Å². The van der Waals surface area contributed by atoms with Crippen molar-refractivity contribution in [1.82, 2.24) is 0 Å². The SMILES string of the molecule is C=CCOc1cccc2c1N(Cc1ccccc1)C(=O)C2C(=O)OCC. The zero-order chi connectivity index (χ0) is 18.5. The molecule has 2 aromatic carbocycles. The molecule has 1 heterocycles. The quantitative estimate of drug-likeness (QED) is 0.436. The predicted molar refractivity (Wildman–Crippen MR) is 99.1 cm³/mol. The summed E-state index contributed by atoms with van der Waals surface area (Å²) in [5.74, 6) is -1.23. The Hall–Kier alpha value is -3.08. The van der Waals surface area contributed by atoms with Crippen LogP contribution >= 0.6 is 0 Å². The Balaban J connectivity index is 2.04. The molecule has 1 aliphatic rings. The number of rotatable bonds is 7. The third kappa shape index (κ3) is 3.33. The number of carbonyl (C=O) groups excluding carboxylic acids is 2. The van der Waals surface area contributed by atoms with E-state index >= 15 is 0 Å². The molecule has 1 unspecified atom stereocenters. The fourth-order valence-corrected chi connectivity index (χ4v) is 3.10. The molecule has 0 fully saturated rings. The number of esters is 1. The lowest BCUT2D eigenvalue weighted by Crippen LogP contribution is -2.32. The summed E-state index contributed by atoms with van der Waals surface area (Å²) in [5, 5.41) is 0. The lowest BCUT2D eigenvalue weighted by molar-refractivity contribution is -0.147. The van der Waals surface area contributed by atoms with Crippen molar-refractivity contribution in [3.05, 3.63) is 72.3 Å². The van der Waals surface area contributed by atoms with Crippen LogP contribution in [0.15, 0.2) is 61.2 Å². The van der Waals surface area contributed by atoms with Gasteiger partial charge in [-0.05, 0) is 18.6 Å². The molecule has 3 rings (SSSR count). The predicted octanol–water partition coefficient (Wildman–Crippen LogP) is 3.44. The van der Waals surface area contributed by atoms with Gasteiger partial charge in [0, 0.05) is 5.56 Å². The Morgan fingerprint density at radius 1 is 1.19 bits per heavy atom. The molecule has 0 aromatic heterocycles. The average Bonchev–Trinajstić information content (AvgIpc) is 2.93. The largest absolute Gasteiger partial charge is 0.487 e. The van der Waals surface area contributed by atoms with Gasteiger partial charge in [0.05, 0.1) is 18.8 Å². The lowest BCUT2D eigenvalue weighted by Gasteiger charge is -2.20. The average molecular weight is 351 g/mol. The molecule has 0 radical (unpaired) electrons. The van der Waals surface area contributed by atoms with E-state index < -0.39 is 11.9 Å². The normalized spacial score (nSPS) is 15.5. The molecule has 1 aliphatic heterocycles. The van der Waals surface area contributed by atoms with E-state index in [0.717, 1.165) is 5.56 Å². The van der Waals surface area contributed by atoms with Crippen molar-refractivity contribution in [3.8, 4) is 5.75 Å². The van der Waals surface area contributed by atoms with E-state index in [1.165, 1.54) is 0 Å². The molecule has 0 N–H and O–H groups in total. The monoisotopic (exact) mass is 351 g/mol. The second-order valence-electron chi connectivity index (χ2n) is 5.89. The van der Waals surface area contributed by atoms with Gasteiger partial charge in [-0.15, -0.1) is 0 Å². The lowest BCUT2D eigenvalue weighted by atomic mass is 10.0. The van der Waals surface area contributed by atoms with Crippen LogP contribution in [-0.4, -0.2) is 25.1 Å². The van der Waals surface area contributed by atoms with Crippen LogP contribution in [0.3, 0.4) is 0 Å². The van der Waals surface area contributed by atoms with Gasteiger partial charge in [0.1, 0.15) is 12.4 Å². The van der Waals surface area contributed by atoms with Gasteiger partial charge in [-0.25, -0.2) is 0 Å². The van der Waals surface area contributed by atoms with Gasteiger partial charge in [-0.1, -0.05) is 55.1 Å². The first kappa shape index (κ1) is 17.7. The summed E-state index contributed by atoms with van der Waals surface area (Å²) < 4.78 is 10.9. The second-order valence-corrected chi connectivity index (χ2v) is 5.89. The summed E-state index contributed by atoms with van der Waals surface area (Å²) >= 11 is 0. The van der Waals surface area contributed by atoms with Crippen LogP contribution in [0.2, 0.25) is 0 Å². The van der Waals surface area contributed by atoms with E-state index in [1.54, 1.807) is 36.1 Å². The van der Waals surface area contributed by atoms with Crippen molar-refractivity contribution < 1.29 is 19.1 Å². The maximum absolute atomic E-state index is 13.1. The number of anilines is 1. The number of fused-ring (bicyclic) bond motifs is 1. The van der Waals surface area contributed by atoms with Crippen LogP contribution in [0.5, 0.6) is 5.75 Å². The van der Waals surface area contributed by atoms with E-state index in [9.17, 15) is 9.59 Å². The molecule has 0 aliphatic carbocycles. The zero-order valence-electron chi connectivity index (χ0n) is 14.7. The summed E-state index contributed by atoms with van der Waals surface area (Å²) in [6.07, 6.45) is 1.64. The van der Waals surface area contributed by atoms with Crippen LogP contribution in [0, 0.1) is 0 Å². The molecule has 0 saturated carbocycles. The number of nitrogens with zero attached hydrogens (tertiary/aromatic N) is 1. The first-order valence-electron chi connectivity index (χ1n) is 8.56. The van der Waals surface area contributed by atoms with Gasteiger partial charge in [0.15, 0.2) is 5.92 Å². The number of para-hydroxylation sites is 1. The number of ether oxygens (including phenoxy) is 2. The van der Waals surface area contributed by atoms with Crippen LogP contribution in [-0.2, 0) is 20.9 Å². The number of carbonyl (C=O) groups is 2. The topological polar surface area (TPSA) is 55.8 Å². The highest BCUT2D eigenvalue weighted by molar-refractivity contribution is 6.17. The molecule has 26 heavy (non-hydrogen) atoms. The molecule has 1 atom stereocenters. The minimum atomic E-state index is -0.957. The summed E-state index contributed by atoms with van der Waals surface area (Å²) in [6, 6.07) is 15.0. The van der Waals surface area contributed by atoms with Gasteiger partial charge in [0.2, 0.25) is 5.91 Å². The fourth-order valence-electron chi connectivity index (χ4n) is 3.10. The number of benzene rings is 2. The Kier molecular flexibility index (Phi) is 5.37. The first-order chi connectivity index (χ1) is 12.7. The molecular weight excluding hydrogens is 330 g/mol. The molecule has 5 nitrogen and oxygen atoms in total. The summed E-state index contributed by atoms with van der Waals surface area (Å²) in [6.45, 7) is 6.28.